The molecule has 1 atom stereocenters. The Bertz CT molecular complexity index is 2860. The lowest BCUT2D eigenvalue weighted by Gasteiger charge is -2.29. The van der Waals surface area contributed by atoms with Gasteiger partial charge in [0, 0.05) is 61.7 Å². The van der Waals surface area contributed by atoms with Gasteiger partial charge in [0.15, 0.2) is 22.5 Å². The van der Waals surface area contributed by atoms with Gasteiger partial charge in [-0.05, 0) is 48.2 Å². The van der Waals surface area contributed by atoms with Gasteiger partial charge in [-0.1, -0.05) is 54.1 Å². The zero-order chi connectivity index (χ0) is 49.1. The van der Waals surface area contributed by atoms with Crippen molar-refractivity contribution in [1.29, 1.82) is 0 Å². The van der Waals surface area contributed by atoms with Crippen LogP contribution >= 0.6 is 11.8 Å². The lowest BCUT2D eigenvalue weighted by atomic mass is 9.96. The minimum absolute atomic E-state index is 0.0135. The Labute approximate surface area is 406 Å². The number of amides is 5. The maximum absolute atomic E-state index is 13.9. The van der Waals surface area contributed by atoms with Crippen LogP contribution in [0.15, 0.2) is 100 Å². The number of ether oxygens (including phenoxy) is 3. The largest absolute Gasteiger partial charge is 0.504 e. The number of nitrogens with zero attached hydrogens (tertiary/aromatic N) is 3. The van der Waals surface area contributed by atoms with Crippen molar-refractivity contribution in [2.24, 2.45) is 0 Å². The standard InChI is InChI=1S/C50H53N7O12S/c1-70-41-29-44(62)55(50(41)65)20-17-42(60)51-18-16-43(61)56-30-33-6-2-3-7-34(33)46-45(35-8-4-5-9-37(35)56)53-54-57(46)21-23-67-25-27-68-26-24-66-22-19-52-49(64)32-12-10-31(11-13-32)40-28-39(59)36-14-15-38(58)47(63)48(36)69-40/h2-15,28,41,53-54,58,63H,16-27,29-30H2,1H3,(H,51,60)(H,52,64)/p+1. The number of carbonyl (C=O) groups excluding carboxylic acids is 5. The second-order valence-electron chi connectivity index (χ2n) is 16.5. The summed E-state index contributed by atoms with van der Waals surface area (Å²) in [6.07, 6.45) is 1.94. The predicted molar refractivity (Wildman–Crippen MR) is 260 cm³/mol. The Morgan fingerprint density at radius 3 is 2.29 bits per heavy atom. The van der Waals surface area contributed by atoms with Crippen LogP contribution in [-0.2, 0) is 39.9 Å². The van der Waals surface area contributed by atoms with Crippen molar-refractivity contribution in [3.05, 3.63) is 123 Å². The van der Waals surface area contributed by atoms with Gasteiger partial charge in [-0.3, -0.25) is 38.7 Å². The lowest BCUT2D eigenvalue weighted by Crippen LogP contribution is -2.89. The molecule has 7 N–H and O–H groups in total. The zero-order valence-corrected chi connectivity index (χ0v) is 39.3. The number of hydrazine groups is 1. The highest BCUT2D eigenvalue weighted by atomic mass is 32.2. The number of anilines is 1. The molecule has 1 aromatic heterocycles. The summed E-state index contributed by atoms with van der Waals surface area (Å²) in [6.45, 7) is 3.29. The first-order chi connectivity index (χ1) is 34.0. The molecule has 0 bridgehead atoms. The summed E-state index contributed by atoms with van der Waals surface area (Å²) >= 11 is 1.33. The summed E-state index contributed by atoms with van der Waals surface area (Å²) in [5, 5.41) is 27.3. The quantitative estimate of drug-likeness (QED) is 0.0268. The number of quaternary nitrogens is 1. The van der Waals surface area contributed by atoms with Gasteiger partial charge in [0.1, 0.15) is 11.5 Å². The Morgan fingerprint density at radius 1 is 0.814 bits per heavy atom. The molecule has 0 spiro atoms. The zero-order valence-electron chi connectivity index (χ0n) is 38.4. The summed E-state index contributed by atoms with van der Waals surface area (Å²) in [6, 6.07) is 26.0. The predicted octanol–water partition coefficient (Wildman–Crippen LogP) is 2.71. The molecule has 0 saturated carbocycles. The van der Waals surface area contributed by atoms with Crippen molar-refractivity contribution < 1.29 is 58.2 Å². The van der Waals surface area contributed by atoms with Gasteiger partial charge in [-0.15, -0.1) is 0 Å². The summed E-state index contributed by atoms with van der Waals surface area (Å²) in [4.78, 5) is 79.5. The average Bonchev–Trinajstić information content (AvgIpc) is 3.91. The number of nitrogens with one attached hydrogen (secondary N) is 3. The van der Waals surface area contributed by atoms with E-state index in [0.29, 0.717) is 57.3 Å². The minimum Gasteiger partial charge on any atom is -0.504 e. The summed E-state index contributed by atoms with van der Waals surface area (Å²) in [5.74, 6) is -2.11. The molecular weight excluding hydrogens is 923 g/mol. The molecule has 3 aliphatic rings. The van der Waals surface area contributed by atoms with Crippen molar-refractivity contribution >= 4 is 69.3 Å². The van der Waals surface area contributed by atoms with Gasteiger partial charge < -0.3 is 44.4 Å². The third-order valence-electron chi connectivity index (χ3n) is 12.0. The van der Waals surface area contributed by atoms with Crippen molar-refractivity contribution in [1.82, 2.24) is 26.1 Å². The number of hydrogen-bond donors (Lipinski definition) is 6. The number of fused-ring (bicyclic) bond motifs is 5. The number of thioether (sulfide) groups is 1. The van der Waals surface area contributed by atoms with Gasteiger partial charge >= 0.3 is 0 Å². The molecule has 1 unspecified atom stereocenters. The van der Waals surface area contributed by atoms with E-state index in [1.807, 2.05) is 59.0 Å². The molecule has 1 saturated heterocycles. The number of carbonyl (C=O) groups is 5. The van der Waals surface area contributed by atoms with Crippen molar-refractivity contribution in [2.45, 2.75) is 31.1 Å². The molecule has 20 heteroatoms. The second-order valence-corrected chi connectivity index (χ2v) is 17.5. The number of phenolic OH excluding ortho intramolecular Hbond substituents is 2. The molecule has 4 aromatic carbocycles. The number of imide groups is 1. The molecule has 19 nitrogen and oxygen atoms in total. The van der Waals surface area contributed by atoms with E-state index in [1.165, 1.54) is 30.0 Å². The summed E-state index contributed by atoms with van der Waals surface area (Å²) in [7, 11) is 0. The average molecular weight is 977 g/mol. The normalized spacial score (nSPS) is 15.4. The molecule has 5 aromatic rings. The summed E-state index contributed by atoms with van der Waals surface area (Å²) in [5.41, 5.74) is 11.1. The Hall–Kier alpha value is -7.07. The number of rotatable bonds is 21. The molecule has 1 fully saturated rings. The maximum atomic E-state index is 13.9. The van der Waals surface area contributed by atoms with E-state index in [1.54, 1.807) is 35.4 Å². The Balaban J connectivity index is 0.743. The summed E-state index contributed by atoms with van der Waals surface area (Å²) < 4.78 is 23.0. The van der Waals surface area contributed by atoms with E-state index in [0.717, 1.165) is 38.7 Å². The maximum Gasteiger partial charge on any atom is 0.251 e. The molecular formula is C50H54N7O12S+. The van der Waals surface area contributed by atoms with Crippen LogP contribution in [0.4, 0.5) is 5.69 Å². The first-order valence-electron chi connectivity index (χ1n) is 22.9. The smallest absolute Gasteiger partial charge is 0.251 e. The Kier molecular flexibility index (Phi) is 16.2. The van der Waals surface area contributed by atoms with Crippen LogP contribution in [0.1, 0.15) is 46.3 Å². The van der Waals surface area contributed by atoms with E-state index < -0.39 is 16.7 Å². The fraction of sp³-hybridized carbons (Fsp3) is 0.320. The topological polar surface area (TPSA) is 246 Å². The highest BCUT2D eigenvalue weighted by molar-refractivity contribution is 8.00. The third kappa shape index (κ3) is 11.3. The first kappa shape index (κ1) is 49.4. The highest BCUT2D eigenvalue weighted by Crippen LogP contribution is 2.38. The minimum atomic E-state index is -0.524. The molecule has 3 aliphatic heterocycles. The second kappa shape index (κ2) is 23.0. The van der Waals surface area contributed by atoms with E-state index in [-0.39, 0.29) is 97.2 Å². The van der Waals surface area contributed by atoms with Crippen LogP contribution in [0, 0.1) is 0 Å². The van der Waals surface area contributed by atoms with Crippen LogP contribution in [-0.4, -0.2) is 127 Å². The number of hydrogen-bond acceptors (Lipinski definition) is 15. The Morgan fingerprint density at radius 2 is 1.53 bits per heavy atom. The fourth-order valence-electron chi connectivity index (χ4n) is 8.37. The van der Waals surface area contributed by atoms with Gasteiger partial charge in [0.05, 0.1) is 74.6 Å². The van der Waals surface area contributed by atoms with Crippen LogP contribution in [0.2, 0.25) is 0 Å². The lowest BCUT2D eigenvalue weighted by molar-refractivity contribution is -0.640. The van der Waals surface area contributed by atoms with E-state index in [9.17, 15) is 39.0 Å². The van der Waals surface area contributed by atoms with Crippen molar-refractivity contribution in [3.8, 4) is 22.8 Å². The van der Waals surface area contributed by atoms with Gasteiger partial charge in [0.25, 0.3) is 5.91 Å². The monoisotopic (exact) mass is 976 g/mol. The SMILES string of the molecule is CSC1CC(=O)N(CCC(=O)NCCC(=O)N2Cc3ccccc3C3=C([NH2+]NN3CCOCCOCCOCCNC(=O)c3ccc(-c4cc(=O)c5ccc(O)c(O)c5o4)cc3)c3ccccc32)C1=O. The van der Waals surface area contributed by atoms with Crippen LogP contribution in [0.3, 0.4) is 0 Å². The number of benzene rings is 4. The molecule has 366 valence electrons. The third-order valence-corrected chi connectivity index (χ3v) is 12.9. The van der Waals surface area contributed by atoms with Gasteiger partial charge in [0.2, 0.25) is 29.4 Å². The molecule has 0 radical (unpaired) electrons. The number of para-hydroxylation sites is 1. The van der Waals surface area contributed by atoms with Crippen molar-refractivity contribution in [2.75, 3.05) is 77.0 Å². The number of phenols is 2. The van der Waals surface area contributed by atoms with E-state index in [2.05, 4.69) is 16.2 Å². The van der Waals surface area contributed by atoms with Crippen LogP contribution < -0.4 is 31.9 Å². The molecule has 5 amide bonds. The van der Waals surface area contributed by atoms with E-state index in [4.69, 9.17) is 18.6 Å². The molecule has 70 heavy (non-hydrogen) atoms. The first-order valence-corrected chi connectivity index (χ1v) is 24.1. The molecule has 4 heterocycles. The fourth-order valence-corrected chi connectivity index (χ4v) is 9.01. The molecule has 0 aliphatic carbocycles. The highest BCUT2D eigenvalue weighted by Gasteiger charge is 2.38. The van der Waals surface area contributed by atoms with Gasteiger partial charge in [-0.25, -0.2) is 5.43 Å². The van der Waals surface area contributed by atoms with Crippen molar-refractivity contribution in [3.63, 3.8) is 0 Å². The number of nitrogens with two attached hydrogens (primary N) is 1. The number of aromatic hydroxyl groups is 2. The number of likely N-dealkylation sites (tertiary alicyclic amines) is 1. The molecule has 8 rings (SSSR count). The van der Waals surface area contributed by atoms with Gasteiger partial charge in [-0.2, -0.15) is 11.8 Å². The van der Waals surface area contributed by atoms with Crippen LogP contribution in [0.5, 0.6) is 11.5 Å². The van der Waals surface area contributed by atoms with Crippen LogP contribution in [0.25, 0.3) is 33.7 Å². The van der Waals surface area contributed by atoms with E-state index >= 15 is 0 Å².